The number of hydrogen-bond donors (Lipinski definition) is 3. The van der Waals surface area contributed by atoms with Crippen molar-refractivity contribution in [3.63, 3.8) is 0 Å². The summed E-state index contributed by atoms with van der Waals surface area (Å²) in [5.74, 6) is -0.274. The molecule has 1 aromatic carbocycles. The van der Waals surface area contributed by atoms with Crippen molar-refractivity contribution in [1.29, 1.82) is 0 Å². The van der Waals surface area contributed by atoms with E-state index >= 15 is 0 Å². The van der Waals surface area contributed by atoms with E-state index in [1.807, 2.05) is 18.5 Å². The highest BCUT2D eigenvalue weighted by Crippen LogP contribution is 2.43. The molecular formula is C17H21Cl2N3O2. The Morgan fingerprint density at radius 3 is 2.88 bits per heavy atom. The average molecular weight is 370 g/mol. The van der Waals surface area contributed by atoms with Crippen molar-refractivity contribution in [2.75, 3.05) is 18.4 Å². The third-order valence-corrected chi connectivity index (χ3v) is 5.37. The van der Waals surface area contributed by atoms with Gasteiger partial charge in [0.2, 0.25) is 5.91 Å². The maximum absolute atomic E-state index is 12.3. The van der Waals surface area contributed by atoms with Crippen LogP contribution in [0.5, 0.6) is 0 Å². The van der Waals surface area contributed by atoms with Crippen LogP contribution in [-0.4, -0.2) is 34.8 Å². The Morgan fingerprint density at radius 2 is 2.21 bits per heavy atom. The van der Waals surface area contributed by atoms with Crippen molar-refractivity contribution in [2.45, 2.75) is 32.3 Å². The number of nitrogens with one attached hydrogen (secondary N) is 2. The molecule has 7 heteroatoms. The van der Waals surface area contributed by atoms with E-state index in [4.69, 9.17) is 23.2 Å². The number of amides is 1. The number of benzene rings is 1. The van der Waals surface area contributed by atoms with Crippen LogP contribution in [0, 0.1) is 0 Å². The van der Waals surface area contributed by atoms with Crippen LogP contribution in [0.4, 0.5) is 5.69 Å². The molecule has 0 aliphatic carbocycles. The molecule has 1 amide bonds. The minimum absolute atomic E-state index is 0.00815. The van der Waals surface area contributed by atoms with Crippen LogP contribution in [-0.2, 0) is 18.3 Å². The van der Waals surface area contributed by atoms with Gasteiger partial charge < -0.3 is 20.3 Å². The molecule has 2 heterocycles. The van der Waals surface area contributed by atoms with Crippen molar-refractivity contribution in [3.8, 4) is 0 Å². The summed E-state index contributed by atoms with van der Waals surface area (Å²) in [6.45, 7) is 4.60. The Labute approximate surface area is 150 Å². The van der Waals surface area contributed by atoms with Gasteiger partial charge in [0.25, 0.3) is 0 Å². The van der Waals surface area contributed by atoms with Crippen molar-refractivity contribution >= 4 is 45.7 Å². The first-order valence-electron chi connectivity index (χ1n) is 8.01. The highest BCUT2D eigenvalue weighted by Gasteiger charge is 2.30. The topological polar surface area (TPSA) is 66.3 Å². The van der Waals surface area contributed by atoms with E-state index in [1.54, 1.807) is 13.0 Å². The zero-order valence-electron chi connectivity index (χ0n) is 13.9. The second-order valence-electron chi connectivity index (χ2n) is 6.36. The van der Waals surface area contributed by atoms with Crippen LogP contribution < -0.4 is 10.6 Å². The average Bonchev–Trinajstić information content (AvgIpc) is 2.73. The third kappa shape index (κ3) is 2.75. The molecule has 1 aliphatic heterocycles. The fourth-order valence-corrected chi connectivity index (χ4v) is 3.89. The van der Waals surface area contributed by atoms with Crippen LogP contribution in [0.2, 0.25) is 10.0 Å². The van der Waals surface area contributed by atoms with Crippen molar-refractivity contribution in [1.82, 2.24) is 9.88 Å². The van der Waals surface area contributed by atoms with E-state index in [0.29, 0.717) is 23.1 Å². The zero-order valence-corrected chi connectivity index (χ0v) is 15.4. The molecule has 0 radical (unpaired) electrons. The van der Waals surface area contributed by atoms with E-state index in [2.05, 4.69) is 10.6 Å². The molecule has 130 valence electrons. The Hall–Kier alpha value is -1.43. The first kappa shape index (κ1) is 17.4. The molecular weight excluding hydrogens is 349 g/mol. The van der Waals surface area contributed by atoms with Crippen LogP contribution in [0.1, 0.15) is 31.0 Å². The lowest BCUT2D eigenvalue weighted by Gasteiger charge is -2.15. The normalized spacial score (nSPS) is 18.9. The minimum Gasteiger partial charge on any atom is -0.392 e. The van der Waals surface area contributed by atoms with E-state index in [1.165, 1.54) is 0 Å². The summed E-state index contributed by atoms with van der Waals surface area (Å²) in [6.07, 6.45) is 0.234. The van der Waals surface area contributed by atoms with Gasteiger partial charge >= 0.3 is 0 Å². The van der Waals surface area contributed by atoms with Crippen LogP contribution >= 0.6 is 23.2 Å². The molecule has 0 unspecified atom stereocenters. The fraction of sp³-hybridized carbons (Fsp3) is 0.471. The molecule has 0 saturated heterocycles. The summed E-state index contributed by atoms with van der Waals surface area (Å²) in [5, 5.41) is 17.6. The van der Waals surface area contributed by atoms with Gasteiger partial charge in [-0.3, -0.25) is 4.79 Å². The van der Waals surface area contributed by atoms with Gasteiger partial charge in [-0.15, -0.1) is 0 Å². The van der Waals surface area contributed by atoms with Crippen LogP contribution in [0.3, 0.4) is 0 Å². The molecule has 24 heavy (non-hydrogen) atoms. The minimum atomic E-state index is -0.502. The molecule has 1 aromatic heterocycles. The number of carbonyl (C=O) groups is 1. The van der Waals surface area contributed by atoms with Gasteiger partial charge in [0, 0.05) is 43.3 Å². The van der Waals surface area contributed by atoms with Gasteiger partial charge in [0.15, 0.2) is 0 Å². The van der Waals surface area contributed by atoms with Gasteiger partial charge in [-0.2, -0.15) is 0 Å². The Morgan fingerprint density at radius 1 is 1.50 bits per heavy atom. The smallest absolute Gasteiger partial charge is 0.227 e. The summed E-state index contributed by atoms with van der Waals surface area (Å²) in [5.41, 5.74) is 3.68. The number of aliphatic hydroxyl groups excluding tert-OH is 1. The lowest BCUT2D eigenvalue weighted by atomic mass is 9.96. The highest BCUT2D eigenvalue weighted by molar-refractivity contribution is 6.45. The molecule has 0 saturated carbocycles. The fourth-order valence-electron chi connectivity index (χ4n) is 3.41. The molecule has 0 fully saturated rings. The molecule has 0 spiro atoms. The summed E-state index contributed by atoms with van der Waals surface area (Å²) in [6, 6.07) is 1.77. The lowest BCUT2D eigenvalue weighted by Crippen LogP contribution is -2.27. The monoisotopic (exact) mass is 369 g/mol. The standard InChI is InChI=1S/C17H21Cl2N3O2/c1-8(23)7-21-11-6-10(18)15(19)16-14(11)13-9(2)17(24)20-5-4-12(13)22(16)3/h6,8-9,21,23H,4-5,7H2,1-3H3,(H,20,24)/t8-,9-/m1/s1. The Balaban J connectivity index is 2.33. The predicted molar refractivity (Wildman–Crippen MR) is 98.2 cm³/mol. The van der Waals surface area contributed by atoms with Crippen molar-refractivity contribution < 1.29 is 9.90 Å². The van der Waals surface area contributed by atoms with E-state index in [-0.39, 0.29) is 11.8 Å². The molecule has 3 rings (SSSR count). The number of aryl methyl sites for hydroxylation is 1. The Bertz CT molecular complexity index is 814. The summed E-state index contributed by atoms with van der Waals surface area (Å²) in [7, 11) is 1.95. The van der Waals surface area contributed by atoms with E-state index in [0.717, 1.165) is 34.3 Å². The number of aromatic nitrogens is 1. The van der Waals surface area contributed by atoms with Crippen molar-refractivity contribution in [3.05, 3.63) is 27.4 Å². The molecule has 2 atom stereocenters. The van der Waals surface area contributed by atoms with Crippen LogP contribution in [0.15, 0.2) is 6.07 Å². The number of anilines is 1. The van der Waals surface area contributed by atoms with Gasteiger partial charge in [0.1, 0.15) is 0 Å². The Kier molecular flexibility index (Phi) is 4.69. The number of halogens is 2. The summed E-state index contributed by atoms with van der Waals surface area (Å²) < 4.78 is 2.03. The summed E-state index contributed by atoms with van der Waals surface area (Å²) in [4.78, 5) is 12.3. The molecule has 3 N–H and O–H groups in total. The number of rotatable bonds is 3. The quantitative estimate of drug-likeness (QED) is 0.778. The predicted octanol–water partition coefficient (Wildman–Crippen LogP) is 3.05. The first-order valence-corrected chi connectivity index (χ1v) is 8.77. The number of carbonyl (C=O) groups excluding carboxylic acids is 1. The molecule has 1 aliphatic rings. The lowest BCUT2D eigenvalue weighted by molar-refractivity contribution is -0.121. The highest BCUT2D eigenvalue weighted by atomic mass is 35.5. The van der Waals surface area contributed by atoms with Crippen molar-refractivity contribution in [2.24, 2.45) is 7.05 Å². The molecule has 2 aromatic rings. The maximum Gasteiger partial charge on any atom is 0.227 e. The molecule has 5 nitrogen and oxygen atoms in total. The zero-order chi connectivity index (χ0) is 17.6. The van der Waals surface area contributed by atoms with Gasteiger partial charge in [-0.1, -0.05) is 23.2 Å². The SMILES string of the molecule is C[C@@H](O)CNc1cc(Cl)c(Cl)c2c1c1c(n2C)CCNC(=O)[C@@H]1C. The van der Waals surface area contributed by atoms with E-state index in [9.17, 15) is 9.90 Å². The van der Waals surface area contributed by atoms with Gasteiger partial charge in [0.05, 0.1) is 27.6 Å². The number of fused-ring (bicyclic) bond motifs is 3. The second kappa shape index (κ2) is 6.47. The van der Waals surface area contributed by atoms with Crippen LogP contribution in [0.25, 0.3) is 10.9 Å². The van der Waals surface area contributed by atoms with E-state index < -0.39 is 6.10 Å². The second-order valence-corrected chi connectivity index (χ2v) is 7.14. The first-order chi connectivity index (χ1) is 11.3. The molecule has 0 bridgehead atoms. The van der Waals surface area contributed by atoms with Gasteiger partial charge in [-0.05, 0) is 25.5 Å². The largest absolute Gasteiger partial charge is 0.392 e. The van der Waals surface area contributed by atoms with Gasteiger partial charge in [-0.25, -0.2) is 0 Å². The number of nitrogens with zero attached hydrogens (tertiary/aromatic N) is 1. The maximum atomic E-state index is 12.3. The number of hydrogen-bond acceptors (Lipinski definition) is 3. The summed E-state index contributed by atoms with van der Waals surface area (Å²) >= 11 is 12.8. The third-order valence-electron chi connectivity index (χ3n) is 4.59. The number of aliphatic hydroxyl groups is 1.